The molecule has 0 spiro atoms. The number of ether oxygens (including phenoxy) is 1. The normalized spacial score (nSPS) is 24.2. The summed E-state index contributed by atoms with van der Waals surface area (Å²) >= 11 is 0. The predicted molar refractivity (Wildman–Crippen MR) is 92.9 cm³/mol. The van der Waals surface area contributed by atoms with Gasteiger partial charge in [-0.05, 0) is 18.6 Å². The van der Waals surface area contributed by atoms with Crippen LogP contribution in [-0.4, -0.2) is 56.7 Å². The lowest BCUT2D eigenvalue weighted by atomic mass is 9.87. The molecule has 0 aromatic heterocycles. The van der Waals surface area contributed by atoms with Gasteiger partial charge in [-0.15, -0.1) is 0 Å². The van der Waals surface area contributed by atoms with Gasteiger partial charge in [0.25, 0.3) is 0 Å². The van der Waals surface area contributed by atoms with E-state index in [1.807, 2.05) is 4.90 Å². The molecular weight excluding hydrogens is 304 g/mol. The summed E-state index contributed by atoms with van der Waals surface area (Å²) in [6.45, 7) is 4.21. The number of rotatable bonds is 3. The fraction of sp³-hybridized carbons (Fsp3) is 0.579. The molecule has 0 saturated carbocycles. The molecule has 5 nitrogen and oxygen atoms in total. The number of esters is 1. The Morgan fingerprint density at radius 1 is 1.29 bits per heavy atom. The lowest BCUT2D eigenvalue weighted by Crippen LogP contribution is -2.54. The maximum atomic E-state index is 12.8. The van der Waals surface area contributed by atoms with E-state index in [9.17, 15) is 9.59 Å². The topological polar surface area (TPSA) is 46.6 Å². The van der Waals surface area contributed by atoms with E-state index >= 15 is 0 Å². The van der Waals surface area contributed by atoms with E-state index < -0.39 is 0 Å². The zero-order chi connectivity index (χ0) is 17.5. The van der Waals surface area contributed by atoms with Crippen LogP contribution >= 0.6 is 0 Å². The molecule has 0 aliphatic carbocycles. The molecule has 0 unspecified atom stereocenters. The summed E-state index contributed by atoms with van der Waals surface area (Å²) in [5.74, 6) is 0.0839. The highest BCUT2D eigenvalue weighted by Gasteiger charge is 2.47. The molecule has 2 aliphatic heterocycles. The number of hydrogen-bond donors (Lipinski definition) is 0. The Bertz CT molecular complexity index is 669. The molecule has 1 amide bonds. The van der Waals surface area contributed by atoms with Gasteiger partial charge in [-0.3, -0.25) is 9.59 Å². The van der Waals surface area contributed by atoms with E-state index in [2.05, 4.69) is 44.0 Å². The van der Waals surface area contributed by atoms with E-state index in [-0.39, 0.29) is 30.8 Å². The molecule has 1 fully saturated rings. The molecule has 2 aliphatic rings. The van der Waals surface area contributed by atoms with Crippen molar-refractivity contribution in [2.75, 3.05) is 39.2 Å². The van der Waals surface area contributed by atoms with Crippen molar-refractivity contribution in [1.82, 2.24) is 0 Å². The second-order valence-electron chi connectivity index (χ2n) is 7.71. The third kappa shape index (κ3) is 3.05. The first-order chi connectivity index (χ1) is 11.3. The fourth-order valence-corrected chi connectivity index (χ4v) is 4.16. The molecule has 1 aromatic carbocycles. The van der Waals surface area contributed by atoms with Gasteiger partial charge in [0.15, 0.2) is 0 Å². The van der Waals surface area contributed by atoms with Gasteiger partial charge >= 0.3 is 5.97 Å². The maximum Gasteiger partial charge on any atom is 0.306 e. The highest BCUT2D eigenvalue weighted by atomic mass is 16.5. The number of hydrogen-bond acceptors (Lipinski definition) is 3. The molecule has 0 N–H and O–H groups in total. The average Bonchev–Trinajstić information content (AvgIpc) is 2.84. The minimum Gasteiger partial charge on any atom is -0.469 e. The summed E-state index contributed by atoms with van der Waals surface area (Å²) in [7, 11) is 5.87. The van der Waals surface area contributed by atoms with Crippen LogP contribution in [0.25, 0.3) is 0 Å². The van der Waals surface area contributed by atoms with Gasteiger partial charge in [-0.2, -0.15) is 0 Å². The molecule has 1 saturated heterocycles. The van der Waals surface area contributed by atoms with Crippen molar-refractivity contribution in [3.63, 3.8) is 0 Å². The van der Waals surface area contributed by atoms with Crippen molar-refractivity contribution in [3.05, 3.63) is 29.3 Å². The van der Waals surface area contributed by atoms with E-state index in [1.165, 1.54) is 18.2 Å². The number of benzene rings is 1. The van der Waals surface area contributed by atoms with Crippen molar-refractivity contribution >= 4 is 17.6 Å². The molecular formula is C19H27N2O3+. The molecule has 24 heavy (non-hydrogen) atoms. The molecule has 3 rings (SSSR count). The minimum atomic E-state index is -0.329. The van der Waals surface area contributed by atoms with Crippen LogP contribution < -0.4 is 4.90 Å². The molecule has 0 bridgehead atoms. The van der Waals surface area contributed by atoms with Crippen LogP contribution in [0.1, 0.15) is 36.3 Å². The Morgan fingerprint density at radius 3 is 2.75 bits per heavy atom. The number of fused-ring (bicyclic) bond motifs is 3. The first-order valence-electron chi connectivity index (χ1n) is 8.64. The third-order valence-electron chi connectivity index (χ3n) is 5.40. The van der Waals surface area contributed by atoms with E-state index in [0.29, 0.717) is 5.92 Å². The largest absolute Gasteiger partial charge is 0.469 e. The Labute approximate surface area is 143 Å². The number of nitrogens with zero attached hydrogens (tertiary/aromatic N) is 2. The quantitative estimate of drug-likeness (QED) is 0.630. The summed E-state index contributed by atoms with van der Waals surface area (Å²) in [6.07, 6.45) is 1.35. The number of methoxy groups -OCH3 is 1. The van der Waals surface area contributed by atoms with Gasteiger partial charge in [0.2, 0.25) is 5.91 Å². The highest BCUT2D eigenvalue weighted by Crippen LogP contribution is 2.46. The van der Waals surface area contributed by atoms with Crippen molar-refractivity contribution in [1.29, 1.82) is 0 Å². The fourth-order valence-electron chi connectivity index (χ4n) is 4.16. The van der Waals surface area contributed by atoms with E-state index in [4.69, 9.17) is 0 Å². The molecule has 2 heterocycles. The molecule has 5 heteroatoms. The Kier molecular flexibility index (Phi) is 4.38. The molecule has 1 aromatic rings. The van der Waals surface area contributed by atoms with Crippen LogP contribution in [0.5, 0.6) is 0 Å². The first-order valence-corrected chi connectivity index (χ1v) is 8.64. The Hall–Kier alpha value is -1.88. The van der Waals surface area contributed by atoms with Gasteiger partial charge in [0.1, 0.15) is 0 Å². The van der Waals surface area contributed by atoms with Crippen molar-refractivity contribution in [2.24, 2.45) is 0 Å². The monoisotopic (exact) mass is 331 g/mol. The van der Waals surface area contributed by atoms with Gasteiger partial charge in [-0.1, -0.05) is 17.7 Å². The number of likely N-dealkylation sites (tertiary alicyclic amines) is 1. The van der Waals surface area contributed by atoms with Crippen LogP contribution in [-0.2, 0) is 14.3 Å². The number of amides is 1. The summed E-state index contributed by atoms with van der Waals surface area (Å²) in [5, 5.41) is 0. The Balaban J connectivity index is 1.90. The maximum absolute atomic E-state index is 12.8. The van der Waals surface area contributed by atoms with Gasteiger partial charge in [0, 0.05) is 18.5 Å². The number of carbonyl (C=O) groups is 2. The van der Waals surface area contributed by atoms with Crippen molar-refractivity contribution in [2.45, 2.75) is 38.1 Å². The van der Waals surface area contributed by atoms with Crippen molar-refractivity contribution < 1.29 is 18.8 Å². The second kappa shape index (κ2) is 6.20. The van der Waals surface area contributed by atoms with Crippen LogP contribution in [0.4, 0.5) is 5.69 Å². The highest BCUT2D eigenvalue weighted by molar-refractivity contribution is 5.98. The Morgan fingerprint density at radius 2 is 2.04 bits per heavy atom. The lowest BCUT2D eigenvalue weighted by Gasteiger charge is -2.41. The first kappa shape index (κ1) is 17.0. The van der Waals surface area contributed by atoms with Gasteiger partial charge < -0.3 is 14.1 Å². The number of likely N-dealkylation sites (N-methyl/N-ethyl adjacent to an activating group) is 1. The minimum absolute atomic E-state index is 0.0326. The van der Waals surface area contributed by atoms with E-state index in [1.54, 1.807) is 0 Å². The standard InChI is InChI=1S/C19H27N2O3/c1-13-5-6-16-14(11-13)15-12-21(2,3)10-9-17(15)20(16)18(22)7-8-19(23)24-4/h5-6,11,15,17H,7-10,12H2,1-4H3/q+1/t15-,17-/m0/s1. The van der Waals surface area contributed by atoms with Crippen LogP contribution in [0, 0.1) is 6.92 Å². The average molecular weight is 331 g/mol. The number of quaternary nitrogens is 1. The van der Waals surface area contributed by atoms with Crippen LogP contribution in [0.2, 0.25) is 0 Å². The summed E-state index contributed by atoms with van der Waals surface area (Å²) in [5.41, 5.74) is 3.55. The van der Waals surface area contributed by atoms with Gasteiger partial charge in [-0.25, -0.2) is 0 Å². The zero-order valence-electron chi connectivity index (χ0n) is 15.0. The van der Waals surface area contributed by atoms with Crippen LogP contribution in [0.15, 0.2) is 18.2 Å². The molecule has 2 atom stereocenters. The lowest BCUT2D eigenvalue weighted by molar-refractivity contribution is -0.896. The number of piperidine rings is 1. The smallest absolute Gasteiger partial charge is 0.306 e. The van der Waals surface area contributed by atoms with Crippen LogP contribution in [0.3, 0.4) is 0 Å². The number of aryl methyl sites for hydroxylation is 1. The summed E-state index contributed by atoms with van der Waals surface area (Å²) in [4.78, 5) is 26.2. The van der Waals surface area contributed by atoms with Gasteiger partial charge in [0.05, 0.1) is 52.7 Å². The predicted octanol–water partition coefficient (Wildman–Crippen LogP) is 2.23. The number of anilines is 1. The number of carbonyl (C=O) groups excluding carboxylic acids is 2. The second-order valence-corrected chi connectivity index (χ2v) is 7.71. The molecule has 130 valence electrons. The summed E-state index contributed by atoms with van der Waals surface area (Å²) in [6, 6.07) is 6.58. The van der Waals surface area contributed by atoms with Crippen molar-refractivity contribution in [3.8, 4) is 0 Å². The van der Waals surface area contributed by atoms with E-state index in [0.717, 1.165) is 29.7 Å². The zero-order valence-corrected chi connectivity index (χ0v) is 15.0. The SMILES string of the molecule is COC(=O)CCC(=O)N1c2ccc(C)cc2[C@@H]2C[N+](C)(C)CC[C@@H]21. The summed E-state index contributed by atoms with van der Waals surface area (Å²) < 4.78 is 5.66. The molecule has 0 radical (unpaired) electrons. The third-order valence-corrected chi connectivity index (χ3v) is 5.40.